The number of hydrogen-bond acceptors (Lipinski definition) is 5. The lowest BCUT2D eigenvalue weighted by atomic mass is 10.2. The van der Waals surface area contributed by atoms with E-state index in [1.165, 1.54) is 11.3 Å². The van der Waals surface area contributed by atoms with Gasteiger partial charge in [-0.1, -0.05) is 13.8 Å². The van der Waals surface area contributed by atoms with Crippen LogP contribution in [-0.2, 0) is 12.8 Å². The molecule has 0 unspecified atom stereocenters. The highest BCUT2D eigenvalue weighted by molar-refractivity contribution is 7.13. The van der Waals surface area contributed by atoms with Gasteiger partial charge in [-0.15, -0.1) is 11.3 Å². The molecular formula is C18H23N5O2S. The quantitative estimate of drug-likeness (QED) is 0.862. The zero-order valence-electron chi connectivity index (χ0n) is 15.0. The molecule has 1 aliphatic rings. The molecule has 2 N–H and O–H groups in total. The Morgan fingerprint density at radius 1 is 1.31 bits per heavy atom. The highest BCUT2D eigenvalue weighted by Gasteiger charge is 2.23. The number of pyridine rings is 1. The topological polar surface area (TPSA) is 87.2 Å². The molecule has 7 nitrogen and oxygen atoms in total. The van der Waals surface area contributed by atoms with Gasteiger partial charge in [0, 0.05) is 43.5 Å². The maximum atomic E-state index is 12.4. The fourth-order valence-corrected chi connectivity index (χ4v) is 3.68. The Kier molecular flexibility index (Phi) is 5.82. The Labute approximate surface area is 156 Å². The maximum absolute atomic E-state index is 12.4. The predicted molar refractivity (Wildman–Crippen MR) is 102 cm³/mol. The number of carbonyl (C=O) groups is 2. The molecule has 0 saturated heterocycles. The summed E-state index contributed by atoms with van der Waals surface area (Å²) in [5.41, 5.74) is 1.57. The second-order valence-corrected chi connectivity index (χ2v) is 7.74. The average molecular weight is 373 g/mol. The van der Waals surface area contributed by atoms with Gasteiger partial charge in [0.15, 0.2) is 5.01 Å². The second-order valence-electron chi connectivity index (χ2n) is 6.65. The standard InChI is InChI=1S/C18H23N5O2S/c1-12(2)10-20-18(25)23-8-5-14-15(6-9-23)26-17(22-14)16(24)21-13-4-3-7-19-11-13/h3-4,7,11-12H,5-6,8-10H2,1-2H3,(H,20,25)(H,21,24). The van der Waals surface area contributed by atoms with E-state index in [1.807, 2.05) is 4.90 Å². The zero-order chi connectivity index (χ0) is 18.5. The van der Waals surface area contributed by atoms with Crippen molar-refractivity contribution in [2.45, 2.75) is 26.7 Å². The van der Waals surface area contributed by atoms with Gasteiger partial charge in [0.1, 0.15) is 0 Å². The molecule has 0 aliphatic carbocycles. The van der Waals surface area contributed by atoms with Gasteiger partial charge in [0.2, 0.25) is 0 Å². The Morgan fingerprint density at radius 2 is 2.12 bits per heavy atom. The molecule has 26 heavy (non-hydrogen) atoms. The maximum Gasteiger partial charge on any atom is 0.317 e. The van der Waals surface area contributed by atoms with Gasteiger partial charge >= 0.3 is 6.03 Å². The molecule has 0 atom stereocenters. The summed E-state index contributed by atoms with van der Waals surface area (Å²) in [6.07, 6.45) is 4.65. The summed E-state index contributed by atoms with van der Waals surface area (Å²) < 4.78 is 0. The minimum atomic E-state index is -0.220. The molecule has 0 saturated carbocycles. The Hall–Kier alpha value is -2.48. The van der Waals surface area contributed by atoms with E-state index < -0.39 is 0 Å². The molecule has 1 aliphatic heterocycles. The first-order chi connectivity index (χ1) is 12.5. The third-order valence-electron chi connectivity index (χ3n) is 4.07. The minimum Gasteiger partial charge on any atom is -0.338 e. The Balaban J connectivity index is 1.60. The zero-order valence-corrected chi connectivity index (χ0v) is 15.8. The molecule has 138 valence electrons. The van der Waals surface area contributed by atoms with Crippen LogP contribution in [0.2, 0.25) is 0 Å². The van der Waals surface area contributed by atoms with Crippen LogP contribution in [-0.4, -0.2) is 46.4 Å². The molecule has 3 rings (SSSR count). The number of anilines is 1. The SMILES string of the molecule is CC(C)CNC(=O)N1CCc2nc(C(=O)Nc3cccnc3)sc2CC1. The van der Waals surface area contributed by atoms with E-state index in [2.05, 4.69) is 34.4 Å². The number of carbonyl (C=O) groups excluding carboxylic acids is 2. The molecule has 3 amide bonds. The summed E-state index contributed by atoms with van der Waals surface area (Å²) in [6.45, 7) is 6.08. The molecule has 0 radical (unpaired) electrons. The lowest BCUT2D eigenvalue weighted by Crippen LogP contribution is -2.42. The number of fused-ring (bicyclic) bond motifs is 1. The normalized spacial score (nSPS) is 13.9. The summed E-state index contributed by atoms with van der Waals surface area (Å²) in [5.74, 6) is 0.206. The van der Waals surface area contributed by atoms with E-state index in [9.17, 15) is 9.59 Å². The third-order valence-corrected chi connectivity index (χ3v) is 5.22. The van der Waals surface area contributed by atoms with Crippen molar-refractivity contribution in [2.75, 3.05) is 25.0 Å². The summed E-state index contributed by atoms with van der Waals surface area (Å²) in [5, 5.41) is 6.22. The molecule has 0 fully saturated rings. The van der Waals surface area contributed by atoms with E-state index in [0.29, 0.717) is 42.7 Å². The van der Waals surface area contributed by atoms with Gasteiger partial charge in [0.05, 0.1) is 17.6 Å². The molecule has 2 aromatic heterocycles. The lowest BCUT2D eigenvalue weighted by Gasteiger charge is -2.21. The van der Waals surface area contributed by atoms with Crippen molar-refractivity contribution < 1.29 is 9.59 Å². The minimum absolute atomic E-state index is 0.0246. The van der Waals surface area contributed by atoms with Gasteiger partial charge in [-0.25, -0.2) is 9.78 Å². The van der Waals surface area contributed by atoms with Gasteiger partial charge in [-0.05, 0) is 18.1 Å². The number of nitrogens with one attached hydrogen (secondary N) is 2. The fourth-order valence-electron chi connectivity index (χ4n) is 2.69. The molecule has 0 bridgehead atoms. The summed E-state index contributed by atoms with van der Waals surface area (Å²) >= 11 is 1.41. The van der Waals surface area contributed by atoms with Crippen molar-refractivity contribution >= 4 is 29.0 Å². The van der Waals surface area contributed by atoms with Crippen molar-refractivity contribution in [3.63, 3.8) is 0 Å². The molecule has 8 heteroatoms. The second kappa shape index (κ2) is 8.27. The van der Waals surface area contributed by atoms with Crippen molar-refractivity contribution in [3.8, 4) is 0 Å². The van der Waals surface area contributed by atoms with E-state index >= 15 is 0 Å². The number of aromatic nitrogens is 2. The van der Waals surface area contributed by atoms with E-state index in [1.54, 1.807) is 24.5 Å². The Morgan fingerprint density at radius 3 is 2.85 bits per heavy atom. The first kappa shape index (κ1) is 18.3. The number of urea groups is 1. The van der Waals surface area contributed by atoms with Crippen LogP contribution in [0.3, 0.4) is 0 Å². The molecular weight excluding hydrogens is 350 g/mol. The van der Waals surface area contributed by atoms with Crippen molar-refractivity contribution in [3.05, 3.63) is 40.1 Å². The number of thiazole rings is 1. The monoisotopic (exact) mass is 373 g/mol. The highest BCUT2D eigenvalue weighted by Crippen LogP contribution is 2.23. The number of rotatable bonds is 4. The van der Waals surface area contributed by atoms with Crippen LogP contribution in [0, 0.1) is 5.92 Å². The highest BCUT2D eigenvalue weighted by atomic mass is 32.1. The van der Waals surface area contributed by atoms with Crippen molar-refractivity contribution in [1.29, 1.82) is 0 Å². The number of nitrogens with zero attached hydrogens (tertiary/aromatic N) is 3. The fraction of sp³-hybridized carbons (Fsp3) is 0.444. The van der Waals surface area contributed by atoms with Crippen LogP contribution < -0.4 is 10.6 Å². The molecule has 2 aromatic rings. The van der Waals surface area contributed by atoms with Gasteiger partial charge < -0.3 is 15.5 Å². The largest absolute Gasteiger partial charge is 0.338 e. The number of hydrogen-bond donors (Lipinski definition) is 2. The van der Waals surface area contributed by atoms with Crippen LogP contribution in [0.25, 0.3) is 0 Å². The number of amides is 3. The van der Waals surface area contributed by atoms with Crippen LogP contribution in [0.4, 0.5) is 10.5 Å². The summed E-state index contributed by atoms with van der Waals surface area (Å²) in [7, 11) is 0. The van der Waals surface area contributed by atoms with Crippen LogP contribution in [0.5, 0.6) is 0 Å². The lowest BCUT2D eigenvalue weighted by molar-refractivity contribution is 0.102. The average Bonchev–Trinajstić information content (AvgIpc) is 2.94. The van der Waals surface area contributed by atoms with Crippen LogP contribution in [0.15, 0.2) is 24.5 Å². The molecule has 0 aromatic carbocycles. The smallest absolute Gasteiger partial charge is 0.317 e. The summed E-state index contributed by atoms with van der Waals surface area (Å²) in [6, 6.07) is 3.53. The first-order valence-electron chi connectivity index (χ1n) is 8.75. The van der Waals surface area contributed by atoms with Crippen molar-refractivity contribution in [2.24, 2.45) is 5.92 Å². The van der Waals surface area contributed by atoms with Crippen molar-refractivity contribution in [1.82, 2.24) is 20.2 Å². The van der Waals surface area contributed by atoms with E-state index in [4.69, 9.17) is 0 Å². The third kappa shape index (κ3) is 4.57. The van der Waals surface area contributed by atoms with Crippen LogP contribution >= 0.6 is 11.3 Å². The van der Waals surface area contributed by atoms with Gasteiger partial charge in [-0.2, -0.15) is 0 Å². The summed E-state index contributed by atoms with van der Waals surface area (Å²) in [4.78, 5) is 36.0. The molecule has 0 spiro atoms. The van der Waals surface area contributed by atoms with Gasteiger partial charge in [0.25, 0.3) is 5.91 Å². The first-order valence-corrected chi connectivity index (χ1v) is 9.57. The van der Waals surface area contributed by atoms with E-state index in [0.717, 1.165) is 17.0 Å². The van der Waals surface area contributed by atoms with E-state index in [-0.39, 0.29) is 11.9 Å². The molecule has 3 heterocycles. The Bertz CT molecular complexity index is 750. The van der Waals surface area contributed by atoms with Gasteiger partial charge in [-0.3, -0.25) is 9.78 Å². The predicted octanol–water partition coefficient (Wildman–Crippen LogP) is 2.56. The van der Waals surface area contributed by atoms with Crippen LogP contribution in [0.1, 0.15) is 34.2 Å².